The molecule has 1 N–H and O–H groups in total. The molecule has 1 saturated carbocycles. The molecule has 18 heavy (non-hydrogen) atoms. The van der Waals surface area contributed by atoms with Gasteiger partial charge in [0.1, 0.15) is 5.82 Å². The number of benzene rings is 1. The summed E-state index contributed by atoms with van der Waals surface area (Å²) < 4.78 is 13.4. The van der Waals surface area contributed by atoms with Crippen LogP contribution in [-0.4, -0.2) is 35.1 Å². The largest absolute Gasteiger partial charge is 0.395 e. The van der Waals surface area contributed by atoms with Gasteiger partial charge in [0.2, 0.25) is 0 Å². The average Bonchev–Trinajstić information content (AvgIpc) is 3.14. The zero-order valence-corrected chi connectivity index (χ0v) is 11.0. The van der Waals surface area contributed by atoms with E-state index in [-0.39, 0.29) is 40.7 Å². The van der Waals surface area contributed by atoms with E-state index < -0.39 is 5.82 Å². The van der Waals surface area contributed by atoms with Crippen molar-refractivity contribution in [1.29, 1.82) is 0 Å². The molecule has 3 nitrogen and oxygen atoms in total. The summed E-state index contributed by atoms with van der Waals surface area (Å²) >= 11 is 11.5. The summed E-state index contributed by atoms with van der Waals surface area (Å²) in [6.07, 6.45) is 1.80. The van der Waals surface area contributed by atoms with Crippen LogP contribution in [-0.2, 0) is 0 Å². The van der Waals surface area contributed by atoms with Crippen LogP contribution in [0.2, 0.25) is 10.0 Å². The molecule has 0 unspecified atom stereocenters. The molecule has 1 aromatic rings. The van der Waals surface area contributed by atoms with Crippen LogP contribution in [0, 0.1) is 5.82 Å². The molecule has 0 saturated heterocycles. The molecule has 98 valence electrons. The molecule has 0 aromatic heterocycles. The fourth-order valence-corrected chi connectivity index (χ4v) is 2.25. The van der Waals surface area contributed by atoms with Gasteiger partial charge in [-0.3, -0.25) is 4.79 Å². The second kappa shape index (κ2) is 5.43. The average molecular weight is 292 g/mol. The van der Waals surface area contributed by atoms with Gasteiger partial charge in [0.25, 0.3) is 5.91 Å². The highest BCUT2D eigenvalue weighted by atomic mass is 35.5. The maximum Gasteiger partial charge on any atom is 0.255 e. The van der Waals surface area contributed by atoms with Crippen molar-refractivity contribution < 1.29 is 14.3 Å². The van der Waals surface area contributed by atoms with Crippen molar-refractivity contribution in [2.75, 3.05) is 13.2 Å². The fourth-order valence-electron chi connectivity index (χ4n) is 1.79. The molecule has 2 rings (SSSR count). The second-order valence-electron chi connectivity index (χ2n) is 4.20. The van der Waals surface area contributed by atoms with Crippen molar-refractivity contribution in [3.05, 3.63) is 33.6 Å². The van der Waals surface area contributed by atoms with E-state index in [1.165, 1.54) is 11.0 Å². The first-order valence-electron chi connectivity index (χ1n) is 5.61. The van der Waals surface area contributed by atoms with Gasteiger partial charge in [0, 0.05) is 12.6 Å². The van der Waals surface area contributed by atoms with Crippen LogP contribution in [0.5, 0.6) is 0 Å². The third kappa shape index (κ3) is 2.76. The Morgan fingerprint density at radius 3 is 2.61 bits per heavy atom. The predicted molar refractivity (Wildman–Crippen MR) is 67.6 cm³/mol. The van der Waals surface area contributed by atoms with Crippen molar-refractivity contribution in [2.24, 2.45) is 0 Å². The van der Waals surface area contributed by atoms with Gasteiger partial charge in [0.15, 0.2) is 0 Å². The highest BCUT2D eigenvalue weighted by Crippen LogP contribution is 2.31. The van der Waals surface area contributed by atoms with Crippen molar-refractivity contribution in [2.45, 2.75) is 18.9 Å². The summed E-state index contributed by atoms with van der Waals surface area (Å²) in [6.45, 7) is 0.0972. The van der Waals surface area contributed by atoms with Gasteiger partial charge in [-0.15, -0.1) is 0 Å². The van der Waals surface area contributed by atoms with E-state index in [0.29, 0.717) is 0 Å². The van der Waals surface area contributed by atoms with E-state index in [0.717, 1.165) is 18.9 Å². The molecule has 0 heterocycles. The Morgan fingerprint density at radius 2 is 2.06 bits per heavy atom. The lowest BCUT2D eigenvalue weighted by Crippen LogP contribution is -2.35. The van der Waals surface area contributed by atoms with E-state index in [1.54, 1.807) is 0 Å². The van der Waals surface area contributed by atoms with Crippen molar-refractivity contribution in [3.8, 4) is 0 Å². The number of carbonyl (C=O) groups excluding carboxylic acids is 1. The third-order valence-corrected chi connectivity index (χ3v) is 3.43. The van der Waals surface area contributed by atoms with Gasteiger partial charge in [0.05, 0.1) is 22.2 Å². The molecular weight excluding hydrogens is 280 g/mol. The van der Waals surface area contributed by atoms with Crippen LogP contribution >= 0.6 is 23.2 Å². The Labute approximate surface area is 114 Å². The number of carbonyl (C=O) groups is 1. The van der Waals surface area contributed by atoms with E-state index in [1.807, 2.05) is 0 Å². The van der Waals surface area contributed by atoms with E-state index in [2.05, 4.69) is 0 Å². The lowest BCUT2D eigenvalue weighted by atomic mass is 10.2. The van der Waals surface area contributed by atoms with E-state index in [9.17, 15) is 9.18 Å². The van der Waals surface area contributed by atoms with E-state index >= 15 is 0 Å². The Bertz CT molecular complexity index is 477. The summed E-state index contributed by atoms with van der Waals surface area (Å²) in [7, 11) is 0. The number of hydrogen-bond donors (Lipinski definition) is 1. The first-order valence-corrected chi connectivity index (χ1v) is 6.36. The molecule has 0 radical (unpaired) electrons. The summed E-state index contributed by atoms with van der Waals surface area (Å²) in [5.74, 6) is -1.05. The molecule has 0 aliphatic heterocycles. The monoisotopic (exact) mass is 291 g/mol. The zero-order valence-electron chi connectivity index (χ0n) is 9.50. The lowest BCUT2D eigenvalue weighted by Gasteiger charge is -2.22. The summed E-state index contributed by atoms with van der Waals surface area (Å²) in [5, 5.41) is 8.96. The number of aliphatic hydroxyl groups excluding tert-OH is 1. The summed E-state index contributed by atoms with van der Waals surface area (Å²) in [4.78, 5) is 13.7. The van der Waals surface area contributed by atoms with Gasteiger partial charge in [-0.2, -0.15) is 0 Å². The number of hydrogen-bond acceptors (Lipinski definition) is 2. The first-order chi connectivity index (χ1) is 8.54. The Balaban J connectivity index is 2.29. The van der Waals surface area contributed by atoms with Crippen molar-refractivity contribution in [1.82, 2.24) is 4.90 Å². The standard InChI is InChI=1S/C12H12Cl2FNO2/c13-9-6-10(14)11(15)5-8(9)12(18)16(3-4-17)7-1-2-7/h5-7,17H,1-4H2. The fraction of sp³-hybridized carbons (Fsp3) is 0.417. The molecule has 0 spiro atoms. The molecule has 0 atom stereocenters. The van der Waals surface area contributed by atoms with Gasteiger partial charge >= 0.3 is 0 Å². The number of aliphatic hydroxyl groups is 1. The first kappa shape index (κ1) is 13.6. The smallest absolute Gasteiger partial charge is 0.255 e. The topological polar surface area (TPSA) is 40.5 Å². The maximum absolute atomic E-state index is 13.4. The molecule has 1 aliphatic carbocycles. The number of rotatable bonds is 4. The summed E-state index contributed by atoms with van der Waals surface area (Å²) in [6, 6.07) is 2.38. The van der Waals surface area contributed by atoms with Crippen LogP contribution < -0.4 is 0 Å². The maximum atomic E-state index is 13.4. The molecule has 1 fully saturated rings. The normalized spacial score (nSPS) is 14.7. The van der Waals surface area contributed by atoms with Crippen LogP contribution in [0.15, 0.2) is 12.1 Å². The molecular formula is C12H12Cl2FNO2. The number of halogens is 3. The minimum atomic E-state index is -0.677. The van der Waals surface area contributed by atoms with Crippen LogP contribution in [0.1, 0.15) is 23.2 Å². The highest BCUT2D eigenvalue weighted by molar-refractivity contribution is 6.36. The third-order valence-electron chi connectivity index (χ3n) is 2.83. The molecule has 1 amide bonds. The minimum absolute atomic E-state index is 0.0823. The number of amides is 1. The van der Waals surface area contributed by atoms with Gasteiger partial charge < -0.3 is 10.0 Å². The van der Waals surface area contributed by atoms with Gasteiger partial charge in [-0.1, -0.05) is 23.2 Å². The lowest BCUT2D eigenvalue weighted by molar-refractivity contribution is 0.0707. The second-order valence-corrected chi connectivity index (χ2v) is 5.01. The number of nitrogens with zero attached hydrogens (tertiary/aromatic N) is 1. The zero-order chi connectivity index (χ0) is 13.3. The van der Waals surface area contributed by atoms with Gasteiger partial charge in [-0.25, -0.2) is 4.39 Å². The SMILES string of the molecule is O=C(c1cc(F)c(Cl)cc1Cl)N(CCO)C1CC1. The Morgan fingerprint density at radius 1 is 1.39 bits per heavy atom. The minimum Gasteiger partial charge on any atom is -0.395 e. The predicted octanol–water partition coefficient (Wildman–Crippen LogP) is 2.73. The quantitative estimate of drug-likeness (QED) is 0.867. The summed E-state index contributed by atoms with van der Waals surface area (Å²) in [5.41, 5.74) is 0.0823. The van der Waals surface area contributed by atoms with Gasteiger partial charge in [-0.05, 0) is 25.0 Å². The van der Waals surface area contributed by atoms with Crippen LogP contribution in [0.3, 0.4) is 0 Å². The highest BCUT2D eigenvalue weighted by Gasteiger charge is 2.33. The molecule has 1 aliphatic rings. The van der Waals surface area contributed by atoms with Crippen molar-refractivity contribution >= 4 is 29.1 Å². The van der Waals surface area contributed by atoms with Crippen LogP contribution in [0.4, 0.5) is 4.39 Å². The van der Waals surface area contributed by atoms with Crippen molar-refractivity contribution in [3.63, 3.8) is 0 Å². The molecule has 6 heteroatoms. The van der Waals surface area contributed by atoms with Crippen LogP contribution in [0.25, 0.3) is 0 Å². The Kier molecular flexibility index (Phi) is 4.10. The molecule has 0 bridgehead atoms. The molecule has 1 aromatic carbocycles. The Hall–Kier alpha value is -0.840. The van der Waals surface area contributed by atoms with E-state index in [4.69, 9.17) is 28.3 Å².